The predicted molar refractivity (Wildman–Crippen MR) is 128 cm³/mol. The average Bonchev–Trinajstić information content (AvgIpc) is 3.11. The number of piperidine rings is 1. The Kier molecular flexibility index (Phi) is 7.08. The zero-order valence-corrected chi connectivity index (χ0v) is 19.6. The van der Waals surface area contributed by atoms with Crippen LogP contribution in [0.1, 0.15) is 39.3 Å². The molecule has 0 aliphatic carbocycles. The standard InChI is InChI=1S/C24H33N7O2/c1-24(2,3)33-23(32)25-13-16-30-14-10-18(11-15-30)27-22-28-20-8-4-5-9-21(20)31(22)17-19-7-6-12-26-29-19/h4-9,12,18H,10-11,13-17H2,1-3H3,(H,25,32)(H,27,28). The summed E-state index contributed by atoms with van der Waals surface area (Å²) in [6, 6.07) is 12.4. The maximum atomic E-state index is 11.8. The van der Waals surface area contributed by atoms with Crippen molar-refractivity contribution in [3.63, 3.8) is 0 Å². The van der Waals surface area contributed by atoms with Gasteiger partial charge in [-0.2, -0.15) is 10.2 Å². The monoisotopic (exact) mass is 451 g/mol. The number of ether oxygens (including phenoxy) is 1. The molecule has 1 aliphatic heterocycles. The van der Waals surface area contributed by atoms with Crippen molar-refractivity contribution in [2.45, 2.75) is 51.8 Å². The number of anilines is 1. The van der Waals surface area contributed by atoms with Gasteiger partial charge in [0, 0.05) is 38.4 Å². The van der Waals surface area contributed by atoms with E-state index in [9.17, 15) is 4.79 Å². The quantitative estimate of drug-likeness (QED) is 0.569. The molecular weight excluding hydrogens is 418 g/mol. The van der Waals surface area contributed by atoms with Crippen molar-refractivity contribution in [3.05, 3.63) is 48.3 Å². The third-order valence-electron chi connectivity index (χ3n) is 5.62. The third kappa shape index (κ3) is 6.41. The molecule has 1 fully saturated rings. The van der Waals surface area contributed by atoms with Crippen molar-refractivity contribution < 1.29 is 9.53 Å². The van der Waals surface area contributed by atoms with Gasteiger partial charge in [0.2, 0.25) is 5.95 Å². The number of rotatable bonds is 7. The van der Waals surface area contributed by atoms with E-state index < -0.39 is 5.60 Å². The SMILES string of the molecule is CC(C)(C)OC(=O)NCCN1CCC(Nc2nc3ccccc3n2Cc2cccnn2)CC1. The van der Waals surface area contributed by atoms with Crippen molar-refractivity contribution >= 4 is 23.1 Å². The highest BCUT2D eigenvalue weighted by Gasteiger charge is 2.22. The highest BCUT2D eigenvalue weighted by Crippen LogP contribution is 2.23. The number of nitrogens with one attached hydrogen (secondary N) is 2. The summed E-state index contributed by atoms with van der Waals surface area (Å²) >= 11 is 0. The van der Waals surface area contributed by atoms with Crippen molar-refractivity contribution in [2.24, 2.45) is 0 Å². The van der Waals surface area contributed by atoms with E-state index in [0.29, 0.717) is 19.1 Å². The summed E-state index contributed by atoms with van der Waals surface area (Å²) < 4.78 is 7.47. The molecule has 2 aromatic heterocycles. The number of aromatic nitrogens is 4. The van der Waals surface area contributed by atoms with E-state index in [4.69, 9.17) is 9.72 Å². The number of hydrogen-bond donors (Lipinski definition) is 2. The number of alkyl carbamates (subject to hydrolysis) is 1. The van der Waals surface area contributed by atoms with Crippen molar-refractivity contribution in [2.75, 3.05) is 31.5 Å². The van der Waals surface area contributed by atoms with Crippen molar-refractivity contribution in [1.29, 1.82) is 0 Å². The molecule has 1 aromatic carbocycles. The fourth-order valence-corrected chi connectivity index (χ4v) is 4.04. The summed E-state index contributed by atoms with van der Waals surface area (Å²) in [4.78, 5) is 19.0. The Morgan fingerprint density at radius 1 is 1.15 bits per heavy atom. The van der Waals surface area contributed by atoms with Crippen LogP contribution in [-0.4, -0.2) is 68.6 Å². The largest absolute Gasteiger partial charge is 0.444 e. The topological polar surface area (TPSA) is 97.2 Å². The van der Waals surface area contributed by atoms with Crippen LogP contribution in [0.2, 0.25) is 0 Å². The molecule has 0 bridgehead atoms. The number of fused-ring (bicyclic) bond motifs is 1. The number of hydrogen-bond acceptors (Lipinski definition) is 7. The van der Waals surface area contributed by atoms with Gasteiger partial charge in [-0.25, -0.2) is 9.78 Å². The number of benzene rings is 1. The molecule has 0 unspecified atom stereocenters. The summed E-state index contributed by atoms with van der Waals surface area (Å²) in [6.45, 7) is 9.56. The number of amides is 1. The molecule has 9 heteroatoms. The molecule has 0 radical (unpaired) electrons. The van der Waals surface area contributed by atoms with Crippen LogP contribution in [0.15, 0.2) is 42.6 Å². The minimum atomic E-state index is -0.475. The van der Waals surface area contributed by atoms with Crippen LogP contribution in [-0.2, 0) is 11.3 Å². The number of carbonyl (C=O) groups excluding carboxylic acids is 1. The summed E-state index contributed by atoms with van der Waals surface area (Å²) in [5, 5.41) is 14.8. The van der Waals surface area contributed by atoms with Crippen LogP contribution in [0.5, 0.6) is 0 Å². The number of imidazole rings is 1. The van der Waals surface area contributed by atoms with Crippen molar-refractivity contribution in [1.82, 2.24) is 30.0 Å². The molecule has 33 heavy (non-hydrogen) atoms. The molecule has 9 nitrogen and oxygen atoms in total. The lowest BCUT2D eigenvalue weighted by Crippen LogP contribution is -2.43. The molecule has 0 spiro atoms. The molecule has 3 aromatic rings. The first-order chi connectivity index (χ1) is 15.9. The van der Waals surface area contributed by atoms with Gasteiger partial charge in [-0.15, -0.1) is 0 Å². The predicted octanol–water partition coefficient (Wildman–Crippen LogP) is 3.28. The van der Waals surface area contributed by atoms with Gasteiger partial charge >= 0.3 is 6.09 Å². The Morgan fingerprint density at radius 2 is 1.94 bits per heavy atom. The van der Waals surface area contributed by atoms with E-state index in [1.54, 1.807) is 6.20 Å². The summed E-state index contributed by atoms with van der Waals surface area (Å²) in [6.07, 6.45) is 3.36. The highest BCUT2D eigenvalue weighted by atomic mass is 16.6. The summed E-state index contributed by atoms with van der Waals surface area (Å²) in [5.41, 5.74) is 2.47. The van der Waals surface area contributed by atoms with Crippen molar-refractivity contribution in [3.8, 4) is 0 Å². The van der Waals surface area contributed by atoms with E-state index in [-0.39, 0.29) is 6.09 Å². The zero-order chi connectivity index (χ0) is 23.3. The second-order valence-electron chi connectivity index (χ2n) is 9.41. The lowest BCUT2D eigenvalue weighted by Gasteiger charge is -2.32. The van der Waals surface area contributed by atoms with E-state index in [1.165, 1.54) is 0 Å². The van der Waals surface area contributed by atoms with E-state index in [0.717, 1.165) is 55.2 Å². The number of nitrogens with zero attached hydrogens (tertiary/aromatic N) is 5. The Balaban J connectivity index is 1.32. The molecule has 1 aliphatic rings. The lowest BCUT2D eigenvalue weighted by molar-refractivity contribution is 0.0520. The summed E-state index contributed by atoms with van der Waals surface area (Å²) in [5.74, 6) is 0.867. The smallest absolute Gasteiger partial charge is 0.407 e. The molecule has 2 N–H and O–H groups in total. The number of likely N-dealkylation sites (tertiary alicyclic amines) is 1. The van der Waals surface area contributed by atoms with Crippen LogP contribution in [0.3, 0.4) is 0 Å². The van der Waals surface area contributed by atoms with Crippen LogP contribution in [0.4, 0.5) is 10.7 Å². The second kappa shape index (κ2) is 10.2. The lowest BCUT2D eigenvalue weighted by atomic mass is 10.1. The Labute approximate surface area is 194 Å². The van der Waals surface area contributed by atoms with E-state index >= 15 is 0 Å². The van der Waals surface area contributed by atoms with Gasteiger partial charge in [-0.1, -0.05) is 12.1 Å². The van der Waals surface area contributed by atoms with Crippen LogP contribution < -0.4 is 10.6 Å². The number of carbonyl (C=O) groups is 1. The van der Waals surface area contributed by atoms with Gasteiger partial charge < -0.3 is 24.8 Å². The maximum absolute atomic E-state index is 11.8. The molecule has 1 amide bonds. The molecular formula is C24H33N7O2. The van der Waals surface area contributed by atoms with E-state index in [1.807, 2.05) is 51.1 Å². The number of para-hydroxylation sites is 2. The van der Waals surface area contributed by atoms with Crippen LogP contribution >= 0.6 is 0 Å². The molecule has 3 heterocycles. The fourth-order valence-electron chi connectivity index (χ4n) is 4.04. The average molecular weight is 452 g/mol. The van der Waals surface area contributed by atoms with Gasteiger partial charge in [0.15, 0.2) is 0 Å². The second-order valence-corrected chi connectivity index (χ2v) is 9.41. The molecule has 176 valence electrons. The van der Waals surface area contributed by atoms with Gasteiger partial charge in [-0.05, 0) is 57.9 Å². The molecule has 0 saturated carbocycles. The molecule has 1 saturated heterocycles. The Hall–Kier alpha value is -3.20. The summed E-state index contributed by atoms with van der Waals surface area (Å²) in [7, 11) is 0. The Bertz CT molecular complexity index is 1050. The van der Waals surface area contributed by atoms with Crippen LogP contribution in [0.25, 0.3) is 11.0 Å². The van der Waals surface area contributed by atoms with E-state index in [2.05, 4.69) is 36.4 Å². The third-order valence-corrected chi connectivity index (χ3v) is 5.62. The maximum Gasteiger partial charge on any atom is 0.407 e. The minimum Gasteiger partial charge on any atom is -0.444 e. The Morgan fingerprint density at radius 3 is 2.67 bits per heavy atom. The minimum absolute atomic E-state index is 0.345. The normalized spacial score (nSPS) is 15.5. The molecule has 4 rings (SSSR count). The van der Waals surface area contributed by atoms with Gasteiger partial charge in [-0.3, -0.25) is 0 Å². The zero-order valence-electron chi connectivity index (χ0n) is 19.6. The first kappa shape index (κ1) is 23.0. The first-order valence-electron chi connectivity index (χ1n) is 11.5. The fraction of sp³-hybridized carbons (Fsp3) is 0.500. The van der Waals surface area contributed by atoms with Crippen LogP contribution in [0, 0.1) is 0 Å². The first-order valence-corrected chi connectivity index (χ1v) is 11.5. The van der Waals surface area contributed by atoms with Gasteiger partial charge in [0.1, 0.15) is 5.60 Å². The highest BCUT2D eigenvalue weighted by molar-refractivity contribution is 5.78. The van der Waals surface area contributed by atoms with Gasteiger partial charge in [0.25, 0.3) is 0 Å². The molecule has 0 atom stereocenters. The van der Waals surface area contributed by atoms with Gasteiger partial charge in [0.05, 0.1) is 23.3 Å².